The molecule has 1 saturated carbocycles. The lowest BCUT2D eigenvalue weighted by Crippen LogP contribution is -2.55. The van der Waals surface area contributed by atoms with Crippen LogP contribution in [-0.4, -0.2) is 24.0 Å². The zero-order valence-corrected chi connectivity index (χ0v) is 14.1. The van der Waals surface area contributed by atoms with Gasteiger partial charge >= 0.3 is 5.97 Å². The van der Waals surface area contributed by atoms with Crippen molar-refractivity contribution in [2.45, 2.75) is 38.6 Å². The standard InChI is InChI=1S/C16H19Cl2NO3/c1-3-22-15(21)16(2,10-7-8-10)19-14(20)9-11-12(17)5-4-6-13(11)18/h4-6,10H,3,7-9H2,1-2H3,(H,19,20)/t16-/m1/s1. The first-order valence-corrected chi connectivity index (χ1v) is 8.05. The molecule has 0 bridgehead atoms. The van der Waals surface area contributed by atoms with Crippen LogP contribution >= 0.6 is 23.2 Å². The smallest absolute Gasteiger partial charge is 0.331 e. The molecular formula is C16H19Cl2NO3. The minimum atomic E-state index is -0.985. The van der Waals surface area contributed by atoms with E-state index in [1.807, 2.05) is 0 Å². The molecule has 120 valence electrons. The lowest BCUT2D eigenvalue weighted by atomic mass is 9.95. The van der Waals surface area contributed by atoms with Gasteiger partial charge in [-0.1, -0.05) is 29.3 Å². The predicted molar refractivity (Wildman–Crippen MR) is 86.1 cm³/mol. The number of halogens is 2. The average Bonchev–Trinajstić information content (AvgIpc) is 3.28. The van der Waals surface area contributed by atoms with Gasteiger partial charge in [0, 0.05) is 10.0 Å². The highest BCUT2D eigenvalue weighted by atomic mass is 35.5. The second-order valence-corrected chi connectivity index (χ2v) is 6.44. The topological polar surface area (TPSA) is 55.4 Å². The number of hydrogen-bond acceptors (Lipinski definition) is 3. The van der Waals surface area contributed by atoms with E-state index < -0.39 is 11.5 Å². The molecule has 1 aliphatic rings. The number of hydrogen-bond donors (Lipinski definition) is 1. The number of amides is 1. The molecule has 1 atom stereocenters. The van der Waals surface area contributed by atoms with Crippen molar-refractivity contribution in [3.8, 4) is 0 Å². The van der Waals surface area contributed by atoms with Gasteiger partial charge in [-0.05, 0) is 50.3 Å². The van der Waals surface area contributed by atoms with Gasteiger partial charge in [0.05, 0.1) is 13.0 Å². The lowest BCUT2D eigenvalue weighted by Gasteiger charge is -2.28. The zero-order chi connectivity index (χ0) is 16.3. The number of benzene rings is 1. The van der Waals surface area contributed by atoms with Crippen molar-refractivity contribution in [2.75, 3.05) is 6.61 Å². The van der Waals surface area contributed by atoms with E-state index in [-0.39, 0.29) is 24.9 Å². The van der Waals surface area contributed by atoms with Gasteiger partial charge < -0.3 is 10.1 Å². The molecule has 22 heavy (non-hydrogen) atoms. The van der Waals surface area contributed by atoms with Crippen molar-refractivity contribution in [1.29, 1.82) is 0 Å². The normalized spacial score (nSPS) is 16.7. The molecule has 0 radical (unpaired) electrons. The maximum Gasteiger partial charge on any atom is 0.331 e. The Kier molecular flexibility index (Phi) is 5.35. The Morgan fingerprint density at radius 1 is 1.32 bits per heavy atom. The van der Waals surface area contributed by atoms with Gasteiger partial charge in [0.1, 0.15) is 5.54 Å². The van der Waals surface area contributed by atoms with Crippen molar-refractivity contribution < 1.29 is 14.3 Å². The molecule has 2 rings (SSSR count). The molecule has 0 aromatic heterocycles. The first kappa shape index (κ1) is 17.1. The van der Waals surface area contributed by atoms with E-state index >= 15 is 0 Å². The summed E-state index contributed by atoms with van der Waals surface area (Å²) in [6.07, 6.45) is 1.84. The predicted octanol–water partition coefficient (Wildman–Crippen LogP) is 3.38. The van der Waals surface area contributed by atoms with Gasteiger partial charge in [-0.15, -0.1) is 0 Å². The summed E-state index contributed by atoms with van der Waals surface area (Å²) in [5.74, 6) is -0.564. The van der Waals surface area contributed by atoms with Crippen molar-refractivity contribution in [3.05, 3.63) is 33.8 Å². The van der Waals surface area contributed by atoms with Gasteiger partial charge in [0.15, 0.2) is 0 Å². The van der Waals surface area contributed by atoms with Gasteiger partial charge in [-0.25, -0.2) is 4.79 Å². The highest BCUT2D eigenvalue weighted by molar-refractivity contribution is 6.36. The number of ether oxygens (including phenoxy) is 1. The second-order valence-electron chi connectivity index (χ2n) is 5.62. The SMILES string of the molecule is CCOC(=O)[C@](C)(NC(=O)Cc1c(Cl)cccc1Cl)C1CC1. The minimum Gasteiger partial charge on any atom is -0.464 e. The quantitative estimate of drug-likeness (QED) is 0.805. The molecule has 1 aromatic rings. The van der Waals surface area contributed by atoms with E-state index in [2.05, 4.69) is 5.32 Å². The Morgan fingerprint density at radius 2 is 1.91 bits per heavy atom. The number of nitrogens with one attached hydrogen (secondary N) is 1. The summed E-state index contributed by atoms with van der Waals surface area (Å²) < 4.78 is 5.10. The maximum atomic E-state index is 12.3. The summed E-state index contributed by atoms with van der Waals surface area (Å²) in [5, 5.41) is 3.69. The number of esters is 1. The fraction of sp³-hybridized carbons (Fsp3) is 0.500. The second kappa shape index (κ2) is 6.88. The molecule has 0 heterocycles. The summed E-state index contributed by atoms with van der Waals surface area (Å²) >= 11 is 12.2. The van der Waals surface area contributed by atoms with Gasteiger partial charge in [0.25, 0.3) is 0 Å². The summed E-state index contributed by atoms with van der Waals surface area (Å²) in [6, 6.07) is 5.09. The fourth-order valence-electron chi connectivity index (χ4n) is 2.46. The van der Waals surface area contributed by atoms with Crippen LogP contribution in [-0.2, 0) is 20.7 Å². The Labute approximate surface area is 140 Å². The maximum absolute atomic E-state index is 12.3. The highest BCUT2D eigenvalue weighted by Gasteiger charge is 2.49. The third-order valence-corrected chi connectivity index (χ3v) is 4.60. The van der Waals surface area contributed by atoms with E-state index in [0.717, 1.165) is 12.8 Å². The van der Waals surface area contributed by atoms with E-state index in [9.17, 15) is 9.59 Å². The molecule has 1 aliphatic carbocycles. The molecule has 1 aromatic carbocycles. The van der Waals surface area contributed by atoms with Crippen LogP contribution in [0.25, 0.3) is 0 Å². The van der Waals surface area contributed by atoms with Crippen LogP contribution in [0.3, 0.4) is 0 Å². The van der Waals surface area contributed by atoms with Crippen LogP contribution in [0.5, 0.6) is 0 Å². The highest BCUT2D eigenvalue weighted by Crippen LogP contribution is 2.40. The van der Waals surface area contributed by atoms with Crippen LogP contribution in [0, 0.1) is 5.92 Å². The van der Waals surface area contributed by atoms with Crippen molar-refractivity contribution in [3.63, 3.8) is 0 Å². The van der Waals surface area contributed by atoms with Crippen molar-refractivity contribution in [1.82, 2.24) is 5.32 Å². The molecule has 6 heteroatoms. The minimum absolute atomic E-state index is 0.0280. The van der Waals surface area contributed by atoms with E-state index in [4.69, 9.17) is 27.9 Å². The Balaban J connectivity index is 2.10. The molecule has 0 unspecified atom stereocenters. The van der Waals surface area contributed by atoms with Crippen molar-refractivity contribution in [2.24, 2.45) is 5.92 Å². The van der Waals surface area contributed by atoms with E-state index in [1.165, 1.54) is 0 Å². The lowest BCUT2D eigenvalue weighted by molar-refractivity contribution is -0.153. The molecular weight excluding hydrogens is 325 g/mol. The number of rotatable bonds is 6. The summed E-state index contributed by atoms with van der Waals surface area (Å²) in [4.78, 5) is 24.5. The van der Waals surface area contributed by atoms with Crippen molar-refractivity contribution >= 4 is 35.1 Å². The summed E-state index contributed by atoms with van der Waals surface area (Å²) in [6.45, 7) is 3.75. The monoisotopic (exact) mass is 343 g/mol. The molecule has 0 spiro atoms. The van der Waals surface area contributed by atoms with Crippen LogP contribution in [0.15, 0.2) is 18.2 Å². The third kappa shape index (κ3) is 3.73. The van der Waals surface area contributed by atoms with Gasteiger partial charge in [-0.3, -0.25) is 4.79 Å². The zero-order valence-electron chi connectivity index (χ0n) is 12.6. The first-order valence-electron chi connectivity index (χ1n) is 7.29. The molecule has 4 nitrogen and oxygen atoms in total. The Morgan fingerprint density at radius 3 is 2.41 bits per heavy atom. The molecule has 0 aliphatic heterocycles. The average molecular weight is 344 g/mol. The molecule has 1 amide bonds. The molecule has 0 saturated heterocycles. The van der Waals surface area contributed by atoms with E-state index in [1.54, 1.807) is 32.0 Å². The molecule has 1 N–H and O–H groups in total. The molecule has 1 fully saturated rings. The first-order chi connectivity index (χ1) is 10.4. The Bertz CT molecular complexity index is 567. The van der Waals surface area contributed by atoms with Crippen LogP contribution < -0.4 is 5.32 Å². The largest absolute Gasteiger partial charge is 0.464 e. The Hall–Kier alpha value is -1.26. The van der Waals surface area contributed by atoms with Gasteiger partial charge in [-0.2, -0.15) is 0 Å². The summed E-state index contributed by atoms with van der Waals surface area (Å²) in [5.41, 5.74) is -0.425. The number of carbonyl (C=O) groups excluding carboxylic acids is 2. The third-order valence-electron chi connectivity index (χ3n) is 3.89. The van der Waals surface area contributed by atoms with Gasteiger partial charge in [0.2, 0.25) is 5.91 Å². The number of carbonyl (C=O) groups is 2. The van der Waals surface area contributed by atoms with E-state index in [0.29, 0.717) is 15.6 Å². The van der Waals surface area contributed by atoms with Crippen LogP contribution in [0.4, 0.5) is 0 Å². The van der Waals surface area contributed by atoms with Crippen LogP contribution in [0.1, 0.15) is 32.3 Å². The summed E-state index contributed by atoms with van der Waals surface area (Å²) in [7, 11) is 0. The fourth-order valence-corrected chi connectivity index (χ4v) is 2.99. The van der Waals surface area contributed by atoms with Crippen LogP contribution in [0.2, 0.25) is 10.0 Å².